The predicted octanol–water partition coefficient (Wildman–Crippen LogP) is -5.66. The van der Waals surface area contributed by atoms with Gasteiger partial charge in [-0.1, -0.05) is 79.2 Å². The lowest BCUT2D eigenvalue weighted by Gasteiger charge is -2.30. The number of aromatic amines is 2. The number of anilines is 1. The van der Waals surface area contributed by atoms with Crippen molar-refractivity contribution in [2.75, 3.05) is 32.0 Å². The van der Waals surface area contributed by atoms with Crippen molar-refractivity contribution in [1.29, 1.82) is 0 Å². The first kappa shape index (κ1) is 100. The van der Waals surface area contributed by atoms with Gasteiger partial charge in [-0.05, 0) is 92.1 Å². The van der Waals surface area contributed by atoms with E-state index in [0.29, 0.717) is 32.6 Å². The summed E-state index contributed by atoms with van der Waals surface area (Å²) in [4.78, 5) is 297. The molecule has 1 fully saturated rings. The first-order chi connectivity index (χ1) is 60.6. The number of carbonyl (C=O) groups is 21. The molecule has 0 aliphatic carbocycles. The van der Waals surface area contributed by atoms with Crippen LogP contribution in [0.4, 0.5) is 5.69 Å². The van der Waals surface area contributed by atoms with Crippen LogP contribution in [0.15, 0.2) is 109 Å². The number of halogens is 1. The van der Waals surface area contributed by atoms with Crippen LogP contribution in [0.5, 0.6) is 0 Å². The van der Waals surface area contributed by atoms with E-state index in [2.05, 4.69) is 68.5 Å². The maximum Gasteiger partial charge on any atom is 0.329 e. The number of amides is 15. The molecule has 47 heteroatoms. The van der Waals surface area contributed by atoms with Crippen LogP contribution >= 0.6 is 11.6 Å². The number of para-hydroxylation sites is 3. The molecule has 15 amide bonds. The smallest absolute Gasteiger partial charge is 0.329 e. The molecule has 2 aromatic heterocycles. The summed E-state index contributed by atoms with van der Waals surface area (Å²) < 4.78 is 5.73. The predicted molar refractivity (Wildman–Crippen MR) is 447 cm³/mol. The number of hydrogen-bond donors (Lipinski definition) is 24. The number of fused-ring (bicyclic) bond motifs is 2. The number of rotatable bonds is 33. The van der Waals surface area contributed by atoms with Crippen LogP contribution in [0, 0.1) is 5.92 Å². The minimum atomic E-state index is -2.52. The highest BCUT2D eigenvalue weighted by Crippen LogP contribution is 2.23. The number of nitrogen functional groups attached to an aromatic ring is 1. The van der Waals surface area contributed by atoms with Gasteiger partial charge in [0.1, 0.15) is 72.6 Å². The summed E-state index contributed by atoms with van der Waals surface area (Å²) in [6.07, 6.45) is -7.75. The summed E-state index contributed by atoms with van der Waals surface area (Å²) >= 11 is 6.06. The lowest BCUT2D eigenvalue weighted by molar-refractivity contribution is -0.156. The van der Waals surface area contributed by atoms with Gasteiger partial charge in [-0.2, -0.15) is 0 Å². The van der Waals surface area contributed by atoms with Crippen molar-refractivity contribution in [3.05, 3.63) is 137 Å². The fraction of sp³-hybridized carbons (Fsp3) is 0.395. The number of ketones is 1. The lowest BCUT2D eigenvalue weighted by atomic mass is 9.96. The highest BCUT2D eigenvalue weighted by atomic mass is 35.5. The minimum absolute atomic E-state index is 0.0169. The van der Waals surface area contributed by atoms with Gasteiger partial charge in [-0.3, -0.25) is 95.9 Å². The molecule has 46 nitrogen and oxygen atoms in total. The summed E-state index contributed by atoms with van der Waals surface area (Å²) in [7, 11) is 0. The Hall–Kier alpha value is -15.0. The van der Waals surface area contributed by atoms with E-state index in [1.807, 2.05) is 16.0 Å². The van der Waals surface area contributed by atoms with E-state index in [1.54, 1.807) is 54.7 Å². The number of carbonyl (C=O) groups excluding carboxylic acids is 17. The van der Waals surface area contributed by atoms with Gasteiger partial charge in [0.2, 0.25) is 88.6 Å². The first-order valence-corrected chi connectivity index (χ1v) is 40.0. The van der Waals surface area contributed by atoms with Crippen LogP contribution in [0.2, 0.25) is 5.02 Å². The van der Waals surface area contributed by atoms with Crippen molar-refractivity contribution in [3.8, 4) is 0 Å². The zero-order valence-electron chi connectivity index (χ0n) is 68.9. The molecular formula is C81H98ClN19O27. The van der Waals surface area contributed by atoms with Gasteiger partial charge in [0.05, 0.1) is 64.3 Å². The Morgan fingerprint density at radius 1 is 0.523 bits per heavy atom. The van der Waals surface area contributed by atoms with E-state index in [1.165, 1.54) is 54.7 Å². The van der Waals surface area contributed by atoms with Gasteiger partial charge in [0, 0.05) is 69.9 Å². The van der Waals surface area contributed by atoms with Crippen molar-refractivity contribution >= 4 is 163 Å². The number of aromatic nitrogens is 2. The van der Waals surface area contributed by atoms with Crippen molar-refractivity contribution in [2.24, 2.45) is 17.4 Å². The number of benzene rings is 4. The molecule has 0 spiro atoms. The van der Waals surface area contributed by atoms with Crippen LogP contribution in [0.25, 0.3) is 21.8 Å². The Morgan fingerprint density at radius 3 is 1.62 bits per heavy atom. The standard InChI is InChI=1S/C81H98ClN19O27/c1-37(23-64(108)109)68-80(126)99-57(27-59(103)46-13-4-7-14-47(46)83)81(127)128-39(3)69(101-77(123)56(31-67(114)115)98-76(122)53(28-60(85)104)96-75(121)52(26-42-33-88-50-16-9-6-12-45(42)50)93-61(105)24-40-18-20-43(82)21-19-40)79(125)90-35-62(106)92-51(17-10-22-86-71(117)48(84)25-41-32-87-49-15-8-5-11-44(41)49)73(119)97-55(30-66(112)113)74(120)91-38(2)70(116)95-54(29-65(110)111)72(118)89-34-63(107)94-58(36-102)78(124)100-68/h4-9,11-16,18-21,32-33,37-39,48,51-58,68-69,87-88,102H,10,17,22-31,34-36,83-84H2,1-3H3,(H2,85,104)(H,86,117)(H,89,118)(H,90,125)(H,91,120)(H,92,106)(H,93,105)(H,94,107)(H,95,116)(H,96,121)(H,97,119)(H,98,122)(H,99,126)(H,100,124)(H,101,123)(H,108,109)(H,110,111)(H,112,113)(H,114,115). The molecule has 128 heavy (non-hydrogen) atoms. The molecular weight excluding hydrogens is 1710 g/mol. The number of esters is 1. The Kier molecular flexibility index (Phi) is 37.4. The summed E-state index contributed by atoms with van der Waals surface area (Å²) in [5, 5.41) is 82.8. The highest BCUT2D eigenvalue weighted by molar-refractivity contribution is 6.30. The monoisotopic (exact) mass is 1800 g/mol. The van der Waals surface area contributed by atoms with E-state index in [9.17, 15) is 117 Å². The van der Waals surface area contributed by atoms with Crippen molar-refractivity contribution in [3.63, 3.8) is 0 Å². The SMILES string of the molecule is CC1NC(=O)C(CC(=O)O)NC(=O)C(CCCNC(=O)C(N)Cc2c[nH]c3ccccc23)NC(=O)CNC(=O)C(NC(=O)C(CC(=O)O)NC(=O)C(CC(N)=O)NC(=O)C(Cc2c[nH]c3ccccc23)NC(=O)Cc2ccc(Cl)cc2)C(C)OC(=O)C(CC(=O)c2ccccc2N)NC(=O)C(C(C)CC(=O)O)NC(=O)C(CO)NC(=O)CNC(=O)C(CC(=O)O)NC1=O. The van der Waals surface area contributed by atoms with Gasteiger partial charge in [-0.15, -0.1) is 0 Å². The average molecular weight is 1810 g/mol. The normalized spacial score (nSPS) is 20.4. The molecule has 0 bridgehead atoms. The maximum absolute atomic E-state index is 15.0. The Bertz CT molecular complexity index is 5180. The quantitative estimate of drug-likeness (QED) is 0.00790. The number of nitrogens with one attached hydrogen (secondary N) is 16. The van der Waals surface area contributed by atoms with E-state index in [-0.39, 0.29) is 43.5 Å². The number of ether oxygens (including phenoxy) is 1. The largest absolute Gasteiger partial charge is 0.481 e. The van der Waals surface area contributed by atoms with Crippen LogP contribution in [0.1, 0.15) is 99.2 Å². The molecule has 27 N–H and O–H groups in total. The second kappa shape index (κ2) is 47.8. The first-order valence-electron chi connectivity index (χ1n) is 39.7. The molecule has 14 atom stereocenters. The minimum Gasteiger partial charge on any atom is -0.481 e. The van der Waals surface area contributed by atoms with Crippen LogP contribution < -0.4 is 91.6 Å². The number of aliphatic hydroxyl groups excluding tert-OH is 1. The highest BCUT2D eigenvalue weighted by Gasteiger charge is 2.41. The molecule has 7 rings (SSSR count). The number of hydrogen-bond acceptors (Lipinski definition) is 25. The molecule has 0 saturated carbocycles. The Labute approximate surface area is 731 Å². The second-order valence-corrected chi connectivity index (χ2v) is 30.3. The molecule has 6 aromatic rings. The van der Waals surface area contributed by atoms with Gasteiger partial charge in [-0.25, -0.2) is 4.79 Å². The van der Waals surface area contributed by atoms with Crippen molar-refractivity contribution in [2.45, 2.75) is 170 Å². The topological polar surface area (TPSA) is 747 Å². The lowest BCUT2D eigenvalue weighted by Crippen LogP contribution is -2.62. The number of carboxylic acids is 4. The number of cyclic esters (lactones) is 1. The summed E-state index contributed by atoms with van der Waals surface area (Å²) in [6, 6.07) is 0.490. The third-order valence-electron chi connectivity index (χ3n) is 19.9. The van der Waals surface area contributed by atoms with E-state index in [4.69, 9.17) is 33.5 Å². The number of aliphatic hydroxyl groups is 1. The van der Waals surface area contributed by atoms with Gasteiger partial charge >= 0.3 is 29.8 Å². The zero-order chi connectivity index (χ0) is 94.3. The zero-order valence-corrected chi connectivity index (χ0v) is 69.7. The molecule has 686 valence electrons. The van der Waals surface area contributed by atoms with Gasteiger partial charge in [0.25, 0.3) is 0 Å². The number of primary amides is 1. The molecule has 0 radical (unpaired) electrons. The van der Waals surface area contributed by atoms with Crippen LogP contribution in [-0.2, 0) is 120 Å². The van der Waals surface area contributed by atoms with Gasteiger partial charge < -0.3 is 132 Å². The molecule has 1 saturated heterocycles. The fourth-order valence-electron chi connectivity index (χ4n) is 13.2. The molecule has 4 aromatic carbocycles. The number of H-pyrrole nitrogens is 2. The number of aliphatic carboxylic acids is 4. The Balaban J connectivity index is 1.28. The van der Waals surface area contributed by atoms with Crippen molar-refractivity contribution in [1.82, 2.24) is 84.4 Å². The van der Waals surface area contributed by atoms with E-state index < -0.39 is 273 Å². The van der Waals surface area contributed by atoms with Gasteiger partial charge in [0.15, 0.2) is 5.78 Å². The Morgan fingerprint density at radius 2 is 1.04 bits per heavy atom. The van der Waals surface area contributed by atoms with Crippen molar-refractivity contribution < 1.29 is 131 Å². The molecule has 14 unspecified atom stereocenters. The third kappa shape index (κ3) is 30.8. The van der Waals surface area contributed by atoms with E-state index in [0.717, 1.165) is 31.7 Å². The fourth-order valence-corrected chi connectivity index (χ4v) is 13.3. The number of nitrogens with two attached hydrogens (primary N) is 3. The maximum atomic E-state index is 15.0. The molecule has 3 heterocycles. The molecule has 1 aliphatic rings. The van der Waals surface area contributed by atoms with Crippen LogP contribution in [0.3, 0.4) is 0 Å². The van der Waals surface area contributed by atoms with Crippen LogP contribution in [-0.4, -0.2) is 265 Å². The third-order valence-corrected chi connectivity index (χ3v) is 20.1. The van der Waals surface area contributed by atoms with E-state index >= 15 is 9.59 Å². The number of carboxylic acid groups (broad SMARTS) is 4. The average Bonchev–Trinajstić information content (AvgIpc) is 1.68. The second-order valence-electron chi connectivity index (χ2n) is 29.9. The number of Topliss-reactive ketones (excluding diaryl/α,β-unsaturated/α-hetero) is 1. The summed E-state index contributed by atoms with van der Waals surface area (Å²) in [5.74, 6) is -31.5. The summed E-state index contributed by atoms with van der Waals surface area (Å²) in [5.41, 5.74) is 20.4. The molecule has 1 aliphatic heterocycles. The summed E-state index contributed by atoms with van der Waals surface area (Å²) in [6.45, 7) is -1.29.